The zero-order valence-corrected chi connectivity index (χ0v) is 11.5. The second kappa shape index (κ2) is 5.54. The van der Waals surface area contributed by atoms with Gasteiger partial charge in [0.15, 0.2) is 12.3 Å². The van der Waals surface area contributed by atoms with E-state index in [-0.39, 0.29) is 0 Å². The fraction of sp³-hybridized carbons (Fsp3) is 0.583. The highest BCUT2D eigenvalue weighted by Gasteiger charge is 2.57. The van der Waals surface area contributed by atoms with E-state index in [1.54, 1.807) is 0 Å². The van der Waals surface area contributed by atoms with Gasteiger partial charge in [0.2, 0.25) is 0 Å². The van der Waals surface area contributed by atoms with Crippen LogP contribution in [-0.4, -0.2) is 72.6 Å². The topological polar surface area (TPSA) is 171 Å². The Bertz CT molecular complexity index is 728. The summed E-state index contributed by atoms with van der Waals surface area (Å²) in [5.74, 6) is -1.51. The van der Waals surface area contributed by atoms with Crippen molar-refractivity contribution in [1.29, 1.82) is 0 Å². The number of aromatic nitrogens is 2. The lowest BCUT2D eigenvalue weighted by molar-refractivity contribution is -0.224. The number of hydrogen-bond acceptors (Lipinski definition) is 8. The van der Waals surface area contributed by atoms with Gasteiger partial charge in [0.05, 0.1) is 0 Å². The van der Waals surface area contributed by atoms with Crippen LogP contribution in [0.15, 0.2) is 21.9 Å². The summed E-state index contributed by atoms with van der Waals surface area (Å²) >= 11 is 0. The van der Waals surface area contributed by atoms with Crippen LogP contribution in [0.3, 0.4) is 0 Å². The maximum absolute atomic E-state index is 11.8. The monoisotopic (exact) mass is 330 g/mol. The zero-order chi connectivity index (χ0) is 16.9. The first-order valence-electron chi connectivity index (χ1n) is 6.70. The Kier molecular flexibility index (Phi) is 3.82. The predicted molar refractivity (Wildman–Crippen MR) is 69.5 cm³/mol. The molecule has 0 aliphatic carbocycles. The minimum Gasteiger partial charge on any atom is -0.479 e. The van der Waals surface area contributed by atoms with Crippen LogP contribution < -0.4 is 11.2 Å². The van der Waals surface area contributed by atoms with Crippen LogP contribution in [-0.2, 0) is 14.3 Å². The number of carbonyl (C=O) groups is 1. The molecule has 126 valence electrons. The van der Waals surface area contributed by atoms with E-state index >= 15 is 0 Å². The van der Waals surface area contributed by atoms with Crippen molar-refractivity contribution in [3.63, 3.8) is 0 Å². The fourth-order valence-corrected chi connectivity index (χ4v) is 2.79. The van der Waals surface area contributed by atoms with Crippen LogP contribution in [0.25, 0.3) is 0 Å². The van der Waals surface area contributed by atoms with Gasteiger partial charge in [-0.3, -0.25) is 14.3 Å². The molecule has 2 saturated heterocycles. The van der Waals surface area contributed by atoms with E-state index in [0.717, 1.165) is 16.8 Å². The first-order valence-corrected chi connectivity index (χ1v) is 6.70. The molecule has 2 aliphatic heterocycles. The van der Waals surface area contributed by atoms with Crippen LogP contribution in [0, 0.1) is 0 Å². The largest absolute Gasteiger partial charge is 0.479 e. The van der Waals surface area contributed by atoms with Gasteiger partial charge in [-0.1, -0.05) is 0 Å². The number of nitrogens with zero attached hydrogens (tertiary/aromatic N) is 1. The van der Waals surface area contributed by atoms with Gasteiger partial charge in [0.1, 0.15) is 30.5 Å². The maximum atomic E-state index is 11.8. The SMILES string of the molecule is O=C(O)[C@H]1O[C@H]2[C@@H](O)[C@H](n3ccc(=O)[nH]c3=O)O[C@@H]2[C@H](O)[C@@H]1O. The third-order valence-corrected chi connectivity index (χ3v) is 3.92. The molecule has 3 rings (SSSR count). The molecule has 5 N–H and O–H groups in total. The second-order valence-electron chi connectivity index (χ2n) is 5.34. The van der Waals surface area contributed by atoms with Gasteiger partial charge in [-0.2, -0.15) is 0 Å². The molecule has 0 saturated carbocycles. The quantitative estimate of drug-likeness (QED) is 0.367. The Hall–Kier alpha value is -2.05. The highest BCUT2D eigenvalue weighted by molar-refractivity contribution is 5.73. The van der Waals surface area contributed by atoms with Gasteiger partial charge < -0.3 is 29.9 Å². The lowest BCUT2D eigenvalue weighted by Gasteiger charge is -2.37. The summed E-state index contributed by atoms with van der Waals surface area (Å²) in [6.07, 6.45) is -9.35. The van der Waals surface area contributed by atoms with E-state index in [9.17, 15) is 29.7 Å². The molecule has 11 nitrogen and oxygen atoms in total. The van der Waals surface area contributed by atoms with Gasteiger partial charge in [-0.05, 0) is 0 Å². The minimum atomic E-state index is -1.76. The number of carboxylic acids is 1. The summed E-state index contributed by atoms with van der Waals surface area (Å²) in [5, 5.41) is 39.0. The summed E-state index contributed by atoms with van der Waals surface area (Å²) < 4.78 is 11.3. The van der Waals surface area contributed by atoms with Crippen molar-refractivity contribution < 1.29 is 34.7 Å². The van der Waals surface area contributed by atoms with Crippen LogP contribution in [0.2, 0.25) is 0 Å². The van der Waals surface area contributed by atoms with Gasteiger partial charge in [0, 0.05) is 12.3 Å². The lowest BCUT2D eigenvalue weighted by Crippen LogP contribution is -2.60. The number of hydrogen-bond donors (Lipinski definition) is 5. The molecule has 11 heteroatoms. The fourth-order valence-electron chi connectivity index (χ4n) is 2.79. The zero-order valence-electron chi connectivity index (χ0n) is 11.5. The Balaban J connectivity index is 1.93. The molecule has 0 unspecified atom stereocenters. The summed E-state index contributed by atoms with van der Waals surface area (Å²) in [7, 11) is 0. The van der Waals surface area contributed by atoms with Crippen molar-refractivity contribution in [3.05, 3.63) is 33.1 Å². The number of ether oxygens (including phenoxy) is 2. The van der Waals surface area contributed by atoms with E-state index in [1.807, 2.05) is 4.98 Å². The number of H-pyrrole nitrogens is 1. The highest BCUT2D eigenvalue weighted by Crippen LogP contribution is 2.37. The molecule has 1 aromatic heterocycles. The molecular formula is C12H14N2O9. The molecule has 3 heterocycles. The number of fused-ring (bicyclic) bond motifs is 1. The molecule has 0 aromatic carbocycles. The van der Waals surface area contributed by atoms with Gasteiger partial charge in [-0.15, -0.1) is 0 Å². The van der Waals surface area contributed by atoms with Crippen molar-refractivity contribution in [2.75, 3.05) is 0 Å². The number of aliphatic hydroxyl groups excluding tert-OH is 3. The van der Waals surface area contributed by atoms with Crippen molar-refractivity contribution in [1.82, 2.24) is 9.55 Å². The summed E-state index contributed by atoms with van der Waals surface area (Å²) in [4.78, 5) is 35.8. The number of aromatic amines is 1. The third kappa shape index (κ3) is 2.48. The molecule has 0 radical (unpaired) electrons. The van der Waals surface area contributed by atoms with Crippen molar-refractivity contribution in [2.24, 2.45) is 0 Å². The van der Waals surface area contributed by atoms with Crippen molar-refractivity contribution in [3.8, 4) is 0 Å². The van der Waals surface area contributed by atoms with Crippen molar-refractivity contribution in [2.45, 2.75) is 42.9 Å². The average Bonchev–Trinajstić information content (AvgIpc) is 2.80. The molecule has 0 bridgehead atoms. The molecule has 0 spiro atoms. The Morgan fingerprint density at radius 1 is 1.09 bits per heavy atom. The highest BCUT2D eigenvalue weighted by atomic mass is 16.6. The molecule has 23 heavy (non-hydrogen) atoms. The summed E-state index contributed by atoms with van der Waals surface area (Å²) in [5.41, 5.74) is -1.50. The third-order valence-electron chi connectivity index (χ3n) is 3.92. The van der Waals surface area contributed by atoms with Crippen LogP contribution >= 0.6 is 0 Å². The van der Waals surface area contributed by atoms with Gasteiger partial charge in [0.25, 0.3) is 5.56 Å². The smallest absolute Gasteiger partial charge is 0.335 e. The van der Waals surface area contributed by atoms with E-state index < -0.39 is 60.1 Å². The predicted octanol–water partition coefficient (Wildman–Crippen LogP) is -3.63. The van der Waals surface area contributed by atoms with E-state index in [0.29, 0.717) is 0 Å². The first kappa shape index (κ1) is 15.8. The molecular weight excluding hydrogens is 316 g/mol. The first-order chi connectivity index (χ1) is 10.8. The molecule has 2 aliphatic rings. The second-order valence-corrected chi connectivity index (χ2v) is 5.34. The minimum absolute atomic E-state index is 0.645. The van der Waals surface area contributed by atoms with E-state index in [2.05, 4.69) is 0 Å². The Morgan fingerprint density at radius 2 is 1.74 bits per heavy atom. The normalized spacial score (nSPS) is 39.9. The standard InChI is InChI=1S/C12H14N2O9/c15-3-1-2-14(12(21)13-3)10-6(18)8-7(23-10)4(16)5(17)9(22-8)11(19)20/h1-2,4-10,16-18H,(H,19,20)(H,13,15,21)/t4-,5+,6-,7-,8+,9+,10-/m1/s1. The number of rotatable bonds is 2. The average molecular weight is 330 g/mol. The number of aliphatic carboxylic acids is 1. The maximum Gasteiger partial charge on any atom is 0.335 e. The summed E-state index contributed by atoms with van der Waals surface area (Å²) in [6, 6.07) is 1.03. The van der Waals surface area contributed by atoms with Crippen LogP contribution in [0.1, 0.15) is 6.23 Å². The molecule has 7 atom stereocenters. The van der Waals surface area contributed by atoms with Gasteiger partial charge >= 0.3 is 11.7 Å². The lowest BCUT2D eigenvalue weighted by atomic mass is 9.94. The van der Waals surface area contributed by atoms with Crippen LogP contribution in [0.4, 0.5) is 0 Å². The Morgan fingerprint density at radius 3 is 2.35 bits per heavy atom. The van der Waals surface area contributed by atoms with E-state index in [1.165, 1.54) is 0 Å². The molecule has 0 amide bonds. The van der Waals surface area contributed by atoms with Crippen molar-refractivity contribution >= 4 is 5.97 Å². The number of carboxylic acid groups (broad SMARTS) is 1. The van der Waals surface area contributed by atoms with Crippen LogP contribution in [0.5, 0.6) is 0 Å². The van der Waals surface area contributed by atoms with E-state index in [4.69, 9.17) is 14.6 Å². The molecule has 1 aromatic rings. The summed E-state index contributed by atoms with van der Waals surface area (Å²) in [6.45, 7) is 0. The molecule has 2 fully saturated rings. The number of nitrogens with one attached hydrogen (secondary N) is 1. The Labute approximate surface area is 127 Å². The number of aliphatic hydroxyl groups is 3. The van der Waals surface area contributed by atoms with Gasteiger partial charge in [-0.25, -0.2) is 9.59 Å².